The van der Waals surface area contributed by atoms with Gasteiger partial charge in [0, 0.05) is 31.9 Å². The number of rotatable bonds is 6. The second kappa shape index (κ2) is 22.7. The Morgan fingerprint density at radius 1 is 0.479 bits per heavy atom. The van der Waals surface area contributed by atoms with E-state index in [4.69, 9.17) is 0 Å². The Morgan fingerprint density at radius 3 is 1.27 bits per heavy atom. The van der Waals surface area contributed by atoms with Gasteiger partial charge < -0.3 is 24.5 Å². The molecule has 0 atom stereocenters. The minimum absolute atomic E-state index is 0.798. The van der Waals surface area contributed by atoms with Crippen LogP contribution in [0.1, 0.15) is 103 Å². The third kappa shape index (κ3) is 14.9. The Hall–Kier alpha value is -1.92. The van der Waals surface area contributed by atoms with E-state index < -0.39 is 0 Å². The van der Waals surface area contributed by atoms with Crippen molar-refractivity contribution in [1.82, 2.24) is 19.6 Å². The molecule has 0 saturated carbocycles. The van der Waals surface area contributed by atoms with E-state index in [1.54, 1.807) is 5.56 Å². The van der Waals surface area contributed by atoms with E-state index in [2.05, 4.69) is 129 Å². The highest BCUT2D eigenvalue weighted by Crippen LogP contribution is 2.27. The molecule has 0 aromatic heterocycles. The van der Waals surface area contributed by atoms with E-state index in [1.807, 2.05) is 0 Å². The van der Waals surface area contributed by atoms with Gasteiger partial charge in [-0.15, -0.1) is 0 Å². The predicted molar refractivity (Wildman–Crippen MR) is 212 cm³/mol. The maximum Gasteiger partial charge on any atom is 0.0367 e. The molecule has 48 heavy (non-hydrogen) atoms. The van der Waals surface area contributed by atoms with Crippen LogP contribution in [-0.4, -0.2) is 112 Å². The summed E-state index contributed by atoms with van der Waals surface area (Å²) in [6, 6.07) is 18.2. The smallest absolute Gasteiger partial charge is 0.0367 e. The van der Waals surface area contributed by atoms with Gasteiger partial charge in [-0.1, -0.05) is 77.9 Å². The molecule has 4 saturated heterocycles. The van der Waals surface area contributed by atoms with Gasteiger partial charge in [0.2, 0.25) is 0 Å². The minimum atomic E-state index is 0.798. The largest absolute Gasteiger partial charge is 0.369 e. The molecule has 4 fully saturated rings. The average molecular weight is 662 g/mol. The first-order valence-corrected chi connectivity index (χ1v) is 20.0. The van der Waals surface area contributed by atoms with E-state index in [-0.39, 0.29) is 0 Å². The average Bonchev–Trinajstić information content (AvgIpc) is 3.14. The Kier molecular flexibility index (Phi) is 19.2. The van der Waals surface area contributed by atoms with Crippen LogP contribution in [0, 0.1) is 11.8 Å². The van der Waals surface area contributed by atoms with E-state index in [1.165, 1.54) is 121 Å². The highest BCUT2D eigenvalue weighted by Gasteiger charge is 2.18. The van der Waals surface area contributed by atoms with Gasteiger partial charge in [0.15, 0.2) is 0 Å². The summed E-state index contributed by atoms with van der Waals surface area (Å²) in [6.07, 6.45) is 10.6. The number of nitrogens with zero attached hydrogens (tertiary/aromatic N) is 5. The van der Waals surface area contributed by atoms with Crippen molar-refractivity contribution in [2.24, 2.45) is 11.8 Å². The molecule has 6 rings (SSSR count). The molecule has 0 bridgehead atoms. The highest BCUT2D eigenvalue weighted by molar-refractivity contribution is 5.48. The summed E-state index contributed by atoms with van der Waals surface area (Å²) in [5, 5.41) is 0. The lowest BCUT2D eigenvalue weighted by atomic mass is 9.89. The number of likely N-dealkylation sites (tertiary alicyclic amines) is 3. The number of piperidine rings is 3. The zero-order chi connectivity index (χ0) is 34.7. The Labute approximate surface area is 298 Å². The summed E-state index contributed by atoms with van der Waals surface area (Å²) >= 11 is 0. The van der Waals surface area contributed by atoms with Gasteiger partial charge in [0.25, 0.3) is 0 Å². The number of piperazine rings is 1. The molecule has 4 aliphatic heterocycles. The minimum Gasteiger partial charge on any atom is -0.369 e. The molecule has 272 valence electrons. The molecular weight excluding hydrogens is 587 g/mol. The Bertz CT molecular complexity index is 966. The van der Waals surface area contributed by atoms with Crippen LogP contribution in [0.15, 0.2) is 48.5 Å². The second-order valence-electron chi connectivity index (χ2n) is 15.2. The van der Waals surface area contributed by atoms with Crippen LogP contribution in [-0.2, 0) is 12.8 Å². The fourth-order valence-corrected chi connectivity index (χ4v) is 7.13. The van der Waals surface area contributed by atoms with Gasteiger partial charge in [-0.3, -0.25) is 0 Å². The third-order valence-corrected chi connectivity index (χ3v) is 11.4. The number of likely N-dealkylation sites (N-methyl/N-ethyl adjacent to an activating group) is 1. The van der Waals surface area contributed by atoms with Crippen LogP contribution in [0.4, 0.5) is 5.69 Å². The predicted octanol–water partition coefficient (Wildman–Crippen LogP) is 8.54. The molecule has 5 heteroatoms. The maximum atomic E-state index is 2.53. The van der Waals surface area contributed by atoms with Crippen molar-refractivity contribution in [3.63, 3.8) is 0 Å². The standard InChI is InChI=1S/C14H21N.C13H20N2.2C8H17N/c1-3-12-4-6-13(7-5-12)14-8-10-15(2)11-9-14;1-3-12-4-6-13(7-5-12)15-10-8-14(2)9-11-15;2*1-3-9-6-4-8(2)5-7-9/h4-7,14H,3,8-11H2,1-2H3;4-7H,3,8-11H2,1-2H3;2*8H,3-7H2,1-2H3. The second-order valence-corrected chi connectivity index (χ2v) is 15.2. The van der Waals surface area contributed by atoms with Gasteiger partial charge in [-0.05, 0) is 164 Å². The van der Waals surface area contributed by atoms with Crippen LogP contribution in [0.5, 0.6) is 0 Å². The zero-order valence-electron chi connectivity index (χ0n) is 32.7. The van der Waals surface area contributed by atoms with Crippen molar-refractivity contribution in [2.45, 2.75) is 98.8 Å². The normalized spacial score (nSPS) is 21.0. The van der Waals surface area contributed by atoms with E-state index in [0.29, 0.717) is 0 Å². The number of aryl methyl sites for hydroxylation is 2. The third-order valence-electron chi connectivity index (χ3n) is 11.4. The van der Waals surface area contributed by atoms with Crippen LogP contribution >= 0.6 is 0 Å². The monoisotopic (exact) mass is 662 g/mol. The van der Waals surface area contributed by atoms with Crippen LogP contribution in [0.25, 0.3) is 0 Å². The molecule has 0 unspecified atom stereocenters. The van der Waals surface area contributed by atoms with Gasteiger partial charge >= 0.3 is 0 Å². The SMILES string of the molecule is CCN1CCC(C)CC1.CCN1CCC(C)CC1.CCc1ccc(C2CCN(C)CC2)cc1.CCc1ccc(N2CCN(C)CC2)cc1. The van der Waals surface area contributed by atoms with Crippen LogP contribution in [0.2, 0.25) is 0 Å². The molecule has 4 aliphatic rings. The van der Waals surface area contributed by atoms with Crippen molar-refractivity contribution in [3.05, 3.63) is 65.2 Å². The fourth-order valence-electron chi connectivity index (χ4n) is 7.13. The molecule has 0 radical (unpaired) electrons. The number of hydrogen-bond acceptors (Lipinski definition) is 5. The summed E-state index contributed by atoms with van der Waals surface area (Å²) in [4.78, 5) is 12.3. The molecule has 2 aromatic rings. The Balaban J connectivity index is 0.000000179. The Morgan fingerprint density at radius 2 is 0.875 bits per heavy atom. The summed E-state index contributed by atoms with van der Waals surface area (Å²) in [5.74, 6) is 2.76. The molecule has 0 spiro atoms. The topological polar surface area (TPSA) is 16.2 Å². The lowest BCUT2D eigenvalue weighted by Crippen LogP contribution is -2.44. The lowest BCUT2D eigenvalue weighted by Gasteiger charge is -2.34. The fraction of sp³-hybridized carbons (Fsp3) is 0.721. The first kappa shape index (κ1) is 40.5. The maximum absolute atomic E-state index is 2.53. The van der Waals surface area contributed by atoms with Crippen molar-refractivity contribution < 1.29 is 0 Å². The van der Waals surface area contributed by atoms with E-state index in [0.717, 1.165) is 43.7 Å². The zero-order valence-corrected chi connectivity index (χ0v) is 32.7. The van der Waals surface area contributed by atoms with Crippen molar-refractivity contribution in [3.8, 4) is 0 Å². The molecule has 4 heterocycles. The summed E-state index contributed by atoms with van der Waals surface area (Å²) in [7, 11) is 4.41. The summed E-state index contributed by atoms with van der Waals surface area (Å²) in [5.41, 5.74) is 5.79. The van der Waals surface area contributed by atoms with Gasteiger partial charge in [-0.25, -0.2) is 0 Å². The van der Waals surface area contributed by atoms with Gasteiger partial charge in [0.05, 0.1) is 0 Å². The highest BCUT2D eigenvalue weighted by atomic mass is 15.2. The number of benzene rings is 2. The van der Waals surface area contributed by atoms with Gasteiger partial charge in [-0.2, -0.15) is 0 Å². The van der Waals surface area contributed by atoms with Crippen molar-refractivity contribution >= 4 is 5.69 Å². The van der Waals surface area contributed by atoms with Gasteiger partial charge in [0.1, 0.15) is 0 Å². The van der Waals surface area contributed by atoms with E-state index in [9.17, 15) is 0 Å². The van der Waals surface area contributed by atoms with E-state index >= 15 is 0 Å². The number of anilines is 1. The first-order chi connectivity index (χ1) is 23.2. The molecule has 2 aromatic carbocycles. The number of hydrogen-bond donors (Lipinski definition) is 0. The molecule has 0 amide bonds. The van der Waals surface area contributed by atoms with Crippen LogP contribution < -0.4 is 4.90 Å². The summed E-state index contributed by atoms with van der Waals surface area (Å²) in [6.45, 7) is 28.6. The molecule has 0 aliphatic carbocycles. The van der Waals surface area contributed by atoms with Crippen LogP contribution in [0.3, 0.4) is 0 Å². The van der Waals surface area contributed by atoms with Crippen molar-refractivity contribution in [2.75, 3.05) is 97.5 Å². The summed E-state index contributed by atoms with van der Waals surface area (Å²) < 4.78 is 0. The molecule has 5 nitrogen and oxygen atoms in total. The quantitative estimate of drug-likeness (QED) is 0.308. The first-order valence-electron chi connectivity index (χ1n) is 20.0. The lowest BCUT2D eigenvalue weighted by molar-refractivity contribution is 0.201. The van der Waals surface area contributed by atoms with Crippen molar-refractivity contribution in [1.29, 1.82) is 0 Å². The molecular formula is C43H75N5. The molecule has 0 N–H and O–H groups in total.